The molecule has 2 heterocycles. The minimum atomic E-state index is 0. The van der Waals surface area contributed by atoms with E-state index >= 15 is 0 Å². The van der Waals surface area contributed by atoms with Crippen molar-refractivity contribution in [2.75, 3.05) is 13.2 Å². The number of nitrogens with two attached hydrogens (primary N) is 2. The van der Waals surface area contributed by atoms with Gasteiger partial charge in [0, 0.05) is 25.3 Å². The van der Waals surface area contributed by atoms with Gasteiger partial charge in [-0.05, 0) is 39.5 Å². The van der Waals surface area contributed by atoms with Gasteiger partial charge >= 0.3 is 0 Å². The predicted molar refractivity (Wildman–Crippen MR) is 79.7 cm³/mol. The molecule has 2 aliphatic heterocycles. The van der Waals surface area contributed by atoms with E-state index < -0.39 is 0 Å². The Kier molecular flexibility index (Phi) is 13.0. The van der Waals surface area contributed by atoms with Gasteiger partial charge in [-0.25, -0.2) is 0 Å². The first kappa shape index (κ1) is 20.7. The predicted octanol–water partition coefficient (Wildman–Crippen LogP) is 1.87. The third-order valence-electron chi connectivity index (χ3n) is 3.05. The molecule has 0 spiro atoms. The Morgan fingerprint density at radius 1 is 0.778 bits per heavy atom. The van der Waals surface area contributed by atoms with E-state index in [0.29, 0.717) is 24.3 Å². The Labute approximate surface area is 123 Å². The second-order valence-corrected chi connectivity index (χ2v) is 4.93. The molecule has 4 N–H and O–H groups in total. The fraction of sp³-hybridized carbons (Fsp3) is 1.00. The minimum Gasteiger partial charge on any atom is -0.378 e. The van der Waals surface area contributed by atoms with E-state index in [0.717, 1.165) is 38.9 Å². The molecule has 2 saturated heterocycles. The van der Waals surface area contributed by atoms with Crippen LogP contribution in [0.1, 0.15) is 39.5 Å². The highest BCUT2D eigenvalue weighted by Crippen LogP contribution is 2.10. The van der Waals surface area contributed by atoms with Gasteiger partial charge in [-0.1, -0.05) is 0 Å². The van der Waals surface area contributed by atoms with Crippen molar-refractivity contribution in [1.82, 2.24) is 0 Å². The molecule has 4 nitrogen and oxygen atoms in total. The Morgan fingerprint density at radius 2 is 1.11 bits per heavy atom. The summed E-state index contributed by atoms with van der Waals surface area (Å²) in [5.74, 6) is 0. The number of halogens is 2. The van der Waals surface area contributed by atoms with Gasteiger partial charge < -0.3 is 20.9 Å². The Balaban J connectivity index is 0. The van der Waals surface area contributed by atoms with Crippen molar-refractivity contribution >= 4 is 24.8 Å². The first-order chi connectivity index (χ1) is 7.58. The summed E-state index contributed by atoms with van der Waals surface area (Å²) in [6.07, 6.45) is 4.90. The molecule has 0 saturated carbocycles. The van der Waals surface area contributed by atoms with Gasteiger partial charge in [0.05, 0.1) is 12.2 Å². The van der Waals surface area contributed by atoms with Crippen molar-refractivity contribution in [1.29, 1.82) is 0 Å². The van der Waals surface area contributed by atoms with E-state index in [4.69, 9.17) is 20.9 Å². The summed E-state index contributed by atoms with van der Waals surface area (Å²) in [5.41, 5.74) is 11.3. The fourth-order valence-corrected chi connectivity index (χ4v) is 2.07. The standard InChI is InChI=1S/2C6H13NO.2ClH/c2*1-5-4-6(7)2-3-8-5;;/h2*5-6H,2-4,7H2,1H3;2*1H/t2*5-,6-;;/m10../s1. The normalized spacial score (nSPS) is 35.3. The lowest BCUT2D eigenvalue weighted by atomic mass is 10.1. The minimum absolute atomic E-state index is 0. The van der Waals surface area contributed by atoms with Crippen LogP contribution in [0, 0.1) is 0 Å². The molecule has 0 bridgehead atoms. The molecule has 6 heteroatoms. The van der Waals surface area contributed by atoms with Gasteiger partial charge in [0.1, 0.15) is 0 Å². The van der Waals surface area contributed by atoms with Crippen molar-refractivity contribution in [2.24, 2.45) is 11.5 Å². The number of ether oxygens (including phenoxy) is 2. The molecular weight excluding hydrogens is 275 g/mol. The van der Waals surface area contributed by atoms with E-state index in [1.807, 2.05) is 0 Å². The van der Waals surface area contributed by atoms with Crippen LogP contribution in [0.25, 0.3) is 0 Å². The van der Waals surface area contributed by atoms with Gasteiger partial charge in [0.25, 0.3) is 0 Å². The highest BCUT2D eigenvalue weighted by Gasteiger charge is 2.15. The summed E-state index contributed by atoms with van der Waals surface area (Å²) in [4.78, 5) is 0. The van der Waals surface area contributed by atoms with Crippen molar-refractivity contribution in [3.63, 3.8) is 0 Å². The third-order valence-corrected chi connectivity index (χ3v) is 3.05. The summed E-state index contributed by atoms with van der Waals surface area (Å²) >= 11 is 0. The molecule has 0 aliphatic carbocycles. The van der Waals surface area contributed by atoms with E-state index in [1.165, 1.54) is 0 Å². The van der Waals surface area contributed by atoms with Crippen LogP contribution in [0.2, 0.25) is 0 Å². The summed E-state index contributed by atoms with van der Waals surface area (Å²) in [5, 5.41) is 0. The zero-order valence-corrected chi connectivity index (χ0v) is 13.0. The highest BCUT2D eigenvalue weighted by atomic mass is 35.5. The topological polar surface area (TPSA) is 70.5 Å². The molecule has 0 unspecified atom stereocenters. The zero-order valence-electron chi connectivity index (χ0n) is 11.3. The van der Waals surface area contributed by atoms with Crippen LogP contribution in [0.4, 0.5) is 0 Å². The third kappa shape index (κ3) is 9.36. The maximum Gasteiger partial charge on any atom is 0.0561 e. The van der Waals surface area contributed by atoms with Gasteiger partial charge in [0.15, 0.2) is 0 Å². The molecule has 0 radical (unpaired) electrons. The van der Waals surface area contributed by atoms with Crippen LogP contribution in [0.3, 0.4) is 0 Å². The first-order valence-corrected chi connectivity index (χ1v) is 6.32. The summed E-state index contributed by atoms with van der Waals surface area (Å²) in [6, 6.07) is 0.775. The summed E-state index contributed by atoms with van der Waals surface area (Å²) in [6.45, 7) is 5.84. The number of rotatable bonds is 0. The molecular formula is C12H28Cl2N2O2. The first-order valence-electron chi connectivity index (χ1n) is 6.32. The average Bonchev–Trinajstić information content (AvgIpc) is 2.17. The molecule has 0 aromatic heterocycles. The molecule has 4 atom stereocenters. The van der Waals surface area contributed by atoms with Crippen molar-refractivity contribution < 1.29 is 9.47 Å². The van der Waals surface area contributed by atoms with Gasteiger partial charge in [-0.2, -0.15) is 0 Å². The van der Waals surface area contributed by atoms with Crippen molar-refractivity contribution in [3.8, 4) is 0 Å². The Morgan fingerprint density at radius 3 is 1.28 bits per heavy atom. The Bertz CT molecular complexity index is 163. The molecule has 112 valence electrons. The molecule has 0 amide bonds. The van der Waals surface area contributed by atoms with Crippen LogP contribution in [0.5, 0.6) is 0 Å². The zero-order chi connectivity index (χ0) is 12.0. The van der Waals surface area contributed by atoms with Crippen molar-refractivity contribution in [2.45, 2.75) is 63.8 Å². The average molecular weight is 303 g/mol. The van der Waals surface area contributed by atoms with Gasteiger partial charge in [0.2, 0.25) is 0 Å². The highest BCUT2D eigenvalue weighted by molar-refractivity contribution is 5.85. The summed E-state index contributed by atoms with van der Waals surface area (Å²) in [7, 11) is 0. The second-order valence-electron chi connectivity index (χ2n) is 4.93. The molecule has 2 aliphatic rings. The molecule has 18 heavy (non-hydrogen) atoms. The quantitative estimate of drug-likeness (QED) is 0.717. The van der Waals surface area contributed by atoms with Crippen LogP contribution in [-0.2, 0) is 9.47 Å². The SMILES string of the molecule is C[C@@H]1C[C@H](N)CCO1.C[C@H]1C[C@@H](N)CCO1.Cl.Cl. The van der Waals surface area contributed by atoms with Crippen LogP contribution in [0.15, 0.2) is 0 Å². The van der Waals surface area contributed by atoms with E-state index in [9.17, 15) is 0 Å². The number of hydrogen-bond donors (Lipinski definition) is 2. The smallest absolute Gasteiger partial charge is 0.0561 e. The van der Waals surface area contributed by atoms with Gasteiger partial charge in [-0.3, -0.25) is 0 Å². The molecule has 2 fully saturated rings. The molecule has 0 aromatic rings. The monoisotopic (exact) mass is 302 g/mol. The molecule has 0 aromatic carbocycles. The maximum atomic E-state index is 5.65. The lowest BCUT2D eigenvalue weighted by Crippen LogP contribution is -2.32. The van der Waals surface area contributed by atoms with Gasteiger partial charge in [-0.15, -0.1) is 24.8 Å². The van der Waals surface area contributed by atoms with E-state index in [-0.39, 0.29) is 24.8 Å². The summed E-state index contributed by atoms with van der Waals surface area (Å²) < 4.78 is 10.5. The number of hydrogen-bond acceptors (Lipinski definition) is 4. The Hall–Kier alpha value is 0.420. The molecule has 2 rings (SSSR count). The van der Waals surface area contributed by atoms with Crippen LogP contribution >= 0.6 is 24.8 Å². The van der Waals surface area contributed by atoms with E-state index in [1.54, 1.807) is 0 Å². The fourth-order valence-electron chi connectivity index (χ4n) is 2.07. The largest absolute Gasteiger partial charge is 0.378 e. The van der Waals surface area contributed by atoms with Crippen molar-refractivity contribution in [3.05, 3.63) is 0 Å². The lowest BCUT2D eigenvalue weighted by Gasteiger charge is -2.23. The van der Waals surface area contributed by atoms with E-state index in [2.05, 4.69) is 13.8 Å². The maximum absolute atomic E-state index is 5.65. The lowest BCUT2D eigenvalue weighted by molar-refractivity contribution is 0.0198. The van der Waals surface area contributed by atoms with Crippen LogP contribution in [-0.4, -0.2) is 37.5 Å². The second kappa shape index (κ2) is 11.3. The van der Waals surface area contributed by atoms with Crippen LogP contribution < -0.4 is 11.5 Å².